The van der Waals surface area contributed by atoms with Gasteiger partial charge >= 0.3 is 0 Å². The van der Waals surface area contributed by atoms with Crippen LogP contribution in [-0.2, 0) is 6.61 Å². The van der Waals surface area contributed by atoms with Crippen LogP contribution in [0.3, 0.4) is 0 Å². The first kappa shape index (κ1) is 12.3. The van der Waals surface area contributed by atoms with E-state index in [-0.39, 0.29) is 0 Å². The minimum atomic E-state index is 0.421. The SMILES string of the molecule is Nc1ncc(-c2ccc(OCc3ccccc3)cc2)[nH]1. The second kappa shape index (κ2) is 5.48. The zero-order valence-electron chi connectivity index (χ0n) is 10.9. The number of aromatic amines is 1. The highest BCUT2D eigenvalue weighted by atomic mass is 16.5. The molecule has 0 aliphatic heterocycles. The predicted octanol–water partition coefficient (Wildman–Crippen LogP) is 3.24. The summed E-state index contributed by atoms with van der Waals surface area (Å²) < 4.78 is 5.74. The molecule has 4 nitrogen and oxygen atoms in total. The Balaban J connectivity index is 1.67. The first-order chi connectivity index (χ1) is 9.81. The third-order valence-electron chi connectivity index (χ3n) is 3.01. The van der Waals surface area contributed by atoms with E-state index in [2.05, 4.69) is 9.97 Å². The van der Waals surface area contributed by atoms with Crippen molar-refractivity contribution in [1.29, 1.82) is 0 Å². The van der Waals surface area contributed by atoms with E-state index in [0.717, 1.165) is 22.6 Å². The summed E-state index contributed by atoms with van der Waals surface area (Å²) in [6.45, 7) is 0.567. The van der Waals surface area contributed by atoms with Crippen LogP contribution in [0.1, 0.15) is 5.56 Å². The smallest absolute Gasteiger partial charge is 0.197 e. The van der Waals surface area contributed by atoms with Crippen LogP contribution in [0.15, 0.2) is 60.8 Å². The number of hydrogen-bond acceptors (Lipinski definition) is 3. The maximum absolute atomic E-state index is 5.74. The third kappa shape index (κ3) is 2.80. The summed E-state index contributed by atoms with van der Waals surface area (Å²) in [4.78, 5) is 6.98. The molecule has 0 saturated carbocycles. The number of ether oxygens (including phenoxy) is 1. The van der Waals surface area contributed by atoms with Crippen LogP contribution in [0.5, 0.6) is 5.75 Å². The van der Waals surface area contributed by atoms with Crippen LogP contribution in [0.4, 0.5) is 5.95 Å². The Bertz CT molecular complexity index is 674. The van der Waals surface area contributed by atoms with Crippen molar-refractivity contribution in [3.05, 3.63) is 66.4 Å². The van der Waals surface area contributed by atoms with E-state index in [1.165, 1.54) is 0 Å². The minimum Gasteiger partial charge on any atom is -0.489 e. The summed E-state index contributed by atoms with van der Waals surface area (Å²) in [7, 11) is 0. The van der Waals surface area contributed by atoms with Gasteiger partial charge in [0.05, 0.1) is 11.9 Å². The second-order valence-electron chi connectivity index (χ2n) is 4.48. The van der Waals surface area contributed by atoms with Crippen LogP contribution in [0, 0.1) is 0 Å². The lowest BCUT2D eigenvalue weighted by atomic mass is 10.1. The van der Waals surface area contributed by atoms with E-state index in [0.29, 0.717) is 12.6 Å². The van der Waals surface area contributed by atoms with Crippen molar-refractivity contribution in [2.45, 2.75) is 6.61 Å². The molecule has 0 aliphatic carbocycles. The van der Waals surface area contributed by atoms with Gasteiger partial charge in [0.15, 0.2) is 5.95 Å². The molecule has 2 aromatic carbocycles. The van der Waals surface area contributed by atoms with Crippen molar-refractivity contribution < 1.29 is 4.74 Å². The fourth-order valence-electron chi connectivity index (χ4n) is 1.95. The van der Waals surface area contributed by atoms with Crippen molar-refractivity contribution in [3.8, 4) is 17.0 Å². The van der Waals surface area contributed by atoms with E-state index in [1.54, 1.807) is 6.20 Å². The molecule has 100 valence electrons. The highest BCUT2D eigenvalue weighted by Crippen LogP contribution is 2.21. The molecule has 0 aliphatic rings. The molecule has 0 spiro atoms. The van der Waals surface area contributed by atoms with Gasteiger partial charge in [-0.3, -0.25) is 0 Å². The van der Waals surface area contributed by atoms with Crippen LogP contribution >= 0.6 is 0 Å². The molecule has 0 bridgehead atoms. The fourth-order valence-corrected chi connectivity index (χ4v) is 1.95. The number of nitrogens with two attached hydrogens (primary N) is 1. The highest BCUT2D eigenvalue weighted by Gasteiger charge is 2.02. The Morgan fingerprint density at radius 1 is 1.00 bits per heavy atom. The first-order valence-corrected chi connectivity index (χ1v) is 6.39. The van der Waals surface area contributed by atoms with E-state index < -0.39 is 0 Å². The summed E-state index contributed by atoms with van der Waals surface area (Å²) in [5, 5.41) is 0. The summed E-state index contributed by atoms with van der Waals surface area (Å²) in [5.41, 5.74) is 8.65. The molecule has 1 heterocycles. The summed E-state index contributed by atoms with van der Waals surface area (Å²) in [6, 6.07) is 17.9. The molecule has 1 aromatic heterocycles. The molecule has 0 fully saturated rings. The van der Waals surface area contributed by atoms with Gasteiger partial charge < -0.3 is 15.5 Å². The molecule has 3 aromatic rings. The number of hydrogen-bond donors (Lipinski definition) is 2. The number of nitrogens with zero attached hydrogens (tertiary/aromatic N) is 1. The van der Waals surface area contributed by atoms with Crippen molar-refractivity contribution in [3.63, 3.8) is 0 Å². The number of nitrogens with one attached hydrogen (secondary N) is 1. The van der Waals surface area contributed by atoms with Gasteiger partial charge in [0.2, 0.25) is 0 Å². The van der Waals surface area contributed by atoms with Crippen LogP contribution < -0.4 is 10.5 Å². The number of nitrogen functional groups attached to an aromatic ring is 1. The highest BCUT2D eigenvalue weighted by molar-refractivity contribution is 5.60. The zero-order valence-corrected chi connectivity index (χ0v) is 10.9. The van der Waals surface area contributed by atoms with Gasteiger partial charge in [-0.05, 0) is 35.4 Å². The van der Waals surface area contributed by atoms with Gasteiger partial charge in [0.1, 0.15) is 12.4 Å². The minimum absolute atomic E-state index is 0.421. The van der Waals surface area contributed by atoms with E-state index >= 15 is 0 Å². The van der Waals surface area contributed by atoms with Crippen LogP contribution in [0.25, 0.3) is 11.3 Å². The Kier molecular flexibility index (Phi) is 3.37. The quantitative estimate of drug-likeness (QED) is 0.761. The number of benzene rings is 2. The number of rotatable bonds is 4. The lowest BCUT2D eigenvalue weighted by Crippen LogP contribution is -1.94. The van der Waals surface area contributed by atoms with Gasteiger partial charge in [-0.1, -0.05) is 30.3 Å². The molecule has 3 N–H and O–H groups in total. The molecule has 0 saturated heterocycles. The molecule has 3 rings (SSSR count). The van der Waals surface area contributed by atoms with Gasteiger partial charge in [-0.15, -0.1) is 0 Å². The van der Waals surface area contributed by atoms with E-state index in [9.17, 15) is 0 Å². The Hall–Kier alpha value is -2.75. The lowest BCUT2D eigenvalue weighted by Gasteiger charge is -2.06. The molecule has 0 amide bonds. The van der Waals surface area contributed by atoms with Crippen molar-refractivity contribution in [2.24, 2.45) is 0 Å². The molecule has 20 heavy (non-hydrogen) atoms. The fraction of sp³-hybridized carbons (Fsp3) is 0.0625. The number of imidazole rings is 1. The first-order valence-electron chi connectivity index (χ1n) is 6.39. The summed E-state index contributed by atoms with van der Waals surface area (Å²) >= 11 is 0. The molecular formula is C16H15N3O. The van der Waals surface area contributed by atoms with Gasteiger partial charge in [0.25, 0.3) is 0 Å². The average Bonchev–Trinajstić information content (AvgIpc) is 2.93. The largest absolute Gasteiger partial charge is 0.489 e. The number of aromatic nitrogens is 2. The Labute approximate surface area is 117 Å². The second-order valence-corrected chi connectivity index (χ2v) is 4.48. The maximum Gasteiger partial charge on any atom is 0.197 e. The Morgan fingerprint density at radius 2 is 1.75 bits per heavy atom. The van der Waals surface area contributed by atoms with E-state index in [1.807, 2.05) is 54.6 Å². The molecule has 0 atom stereocenters. The van der Waals surface area contributed by atoms with Crippen molar-refractivity contribution >= 4 is 5.95 Å². The summed E-state index contributed by atoms with van der Waals surface area (Å²) in [6.07, 6.45) is 1.72. The molecule has 4 heteroatoms. The van der Waals surface area contributed by atoms with Gasteiger partial charge in [-0.2, -0.15) is 0 Å². The lowest BCUT2D eigenvalue weighted by molar-refractivity contribution is 0.306. The monoisotopic (exact) mass is 265 g/mol. The standard InChI is InChI=1S/C16H15N3O/c17-16-18-10-15(19-16)13-6-8-14(9-7-13)20-11-12-4-2-1-3-5-12/h1-10H,11H2,(H3,17,18,19). The molecule has 0 radical (unpaired) electrons. The van der Waals surface area contributed by atoms with E-state index in [4.69, 9.17) is 10.5 Å². The Morgan fingerprint density at radius 3 is 2.40 bits per heavy atom. The molecular weight excluding hydrogens is 250 g/mol. The third-order valence-corrected chi connectivity index (χ3v) is 3.01. The van der Waals surface area contributed by atoms with Crippen LogP contribution in [0.2, 0.25) is 0 Å². The average molecular weight is 265 g/mol. The molecule has 0 unspecified atom stereocenters. The normalized spacial score (nSPS) is 10.4. The summed E-state index contributed by atoms with van der Waals surface area (Å²) in [5.74, 6) is 1.26. The van der Waals surface area contributed by atoms with Crippen molar-refractivity contribution in [1.82, 2.24) is 9.97 Å². The van der Waals surface area contributed by atoms with Crippen molar-refractivity contribution in [2.75, 3.05) is 5.73 Å². The maximum atomic E-state index is 5.74. The van der Waals surface area contributed by atoms with Gasteiger partial charge in [-0.25, -0.2) is 4.98 Å². The van der Waals surface area contributed by atoms with Gasteiger partial charge in [0, 0.05) is 0 Å². The number of anilines is 1. The predicted molar refractivity (Wildman–Crippen MR) is 79.2 cm³/mol. The topological polar surface area (TPSA) is 63.9 Å². The van der Waals surface area contributed by atoms with Crippen LogP contribution in [-0.4, -0.2) is 9.97 Å². The zero-order chi connectivity index (χ0) is 13.8. The number of H-pyrrole nitrogens is 1.